The van der Waals surface area contributed by atoms with E-state index in [1.165, 1.54) is 0 Å². The predicted octanol–water partition coefficient (Wildman–Crippen LogP) is 3.00. The van der Waals surface area contributed by atoms with E-state index in [1.54, 1.807) is 47.3 Å². The monoisotopic (exact) mass is 364 g/mol. The van der Waals surface area contributed by atoms with E-state index < -0.39 is 0 Å². The lowest BCUT2D eigenvalue weighted by molar-refractivity contribution is -0.127. The minimum atomic E-state index is -0.0203. The van der Waals surface area contributed by atoms with Gasteiger partial charge in [0, 0.05) is 37.8 Å². The number of ether oxygens (including phenoxy) is 1. The zero-order chi connectivity index (χ0) is 19.2. The average molecular weight is 364 g/mol. The second-order valence-electron chi connectivity index (χ2n) is 6.59. The van der Waals surface area contributed by atoms with Crippen LogP contribution >= 0.6 is 0 Å². The van der Waals surface area contributed by atoms with Crippen LogP contribution in [0.4, 0.5) is 0 Å². The summed E-state index contributed by atoms with van der Waals surface area (Å²) >= 11 is 0. The van der Waals surface area contributed by atoms with Gasteiger partial charge in [0.1, 0.15) is 5.75 Å². The van der Waals surface area contributed by atoms with E-state index >= 15 is 0 Å². The molecule has 2 aromatic rings. The fourth-order valence-corrected chi connectivity index (χ4v) is 3.09. The number of amides is 2. The molecule has 0 unspecified atom stereocenters. The predicted molar refractivity (Wildman–Crippen MR) is 106 cm³/mol. The topological polar surface area (TPSA) is 49.9 Å². The lowest BCUT2D eigenvalue weighted by atomic mass is 10.1. The first-order valence-corrected chi connectivity index (χ1v) is 9.04. The molecule has 1 saturated heterocycles. The number of hydrogen-bond acceptors (Lipinski definition) is 3. The smallest absolute Gasteiger partial charge is 0.253 e. The molecule has 1 fully saturated rings. The van der Waals surface area contributed by atoms with Crippen molar-refractivity contribution in [3.8, 4) is 5.75 Å². The SMILES string of the molecule is COc1ccc(C(=O)N2CCN(C(=O)/C=C/c3cccc(C)c3)CC2)cc1. The number of carbonyl (C=O) groups excluding carboxylic acids is 2. The number of hydrogen-bond donors (Lipinski definition) is 0. The van der Waals surface area contributed by atoms with Gasteiger partial charge in [0.05, 0.1) is 7.11 Å². The molecule has 1 heterocycles. The average Bonchev–Trinajstić information content (AvgIpc) is 2.72. The Balaban J connectivity index is 1.54. The summed E-state index contributed by atoms with van der Waals surface area (Å²) in [7, 11) is 1.60. The van der Waals surface area contributed by atoms with E-state index in [4.69, 9.17) is 4.74 Å². The molecular formula is C22H24N2O3. The first-order chi connectivity index (χ1) is 13.1. The molecular weight excluding hydrogens is 340 g/mol. The minimum absolute atomic E-state index is 0.0138. The molecule has 0 aromatic heterocycles. The van der Waals surface area contributed by atoms with Crippen molar-refractivity contribution in [3.05, 3.63) is 71.3 Å². The standard InChI is InChI=1S/C22H24N2O3/c1-17-4-3-5-18(16-17)6-11-21(25)23-12-14-24(15-13-23)22(26)19-7-9-20(27-2)10-8-19/h3-11,16H,12-15H2,1-2H3/b11-6+. The van der Waals surface area contributed by atoms with Crippen molar-refractivity contribution in [2.45, 2.75) is 6.92 Å². The third kappa shape index (κ3) is 4.76. The number of nitrogens with zero attached hydrogens (tertiary/aromatic N) is 2. The van der Waals surface area contributed by atoms with Crippen molar-refractivity contribution in [1.82, 2.24) is 9.80 Å². The Morgan fingerprint density at radius 2 is 1.63 bits per heavy atom. The number of aryl methyl sites for hydroxylation is 1. The van der Waals surface area contributed by atoms with Gasteiger partial charge in [0.25, 0.3) is 5.91 Å². The van der Waals surface area contributed by atoms with Gasteiger partial charge in [-0.2, -0.15) is 0 Å². The lowest BCUT2D eigenvalue weighted by Crippen LogP contribution is -2.50. The first-order valence-electron chi connectivity index (χ1n) is 9.04. The van der Waals surface area contributed by atoms with E-state index in [0.29, 0.717) is 31.7 Å². The van der Waals surface area contributed by atoms with E-state index in [9.17, 15) is 9.59 Å². The van der Waals surface area contributed by atoms with Gasteiger partial charge >= 0.3 is 0 Å². The first kappa shape index (κ1) is 18.7. The lowest BCUT2D eigenvalue weighted by Gasteiger charge is -2.34. The van der Waals surface area contributed by atoms with Crippen molar-refractivity contribution >= 4 is 17.9 Å². The molecule has 0 saturated carbocycles. The van der Waals surface area contributed by atoms with Crippen molar-refractivity contribution in [2.24, 2.45) is 0 Å². The van der Waals surface area contributed by atoms with E-state index in [2.05, 4.69) is 0 Å². The van der Waals surface area contributed by atoms with Crippen LogP contribution in [-0.4, -0.2) is 54.9 Å². The van der Waals surface area contributed by atoms with Gasteiger partial charge in [0.2, 0.25) is 5.91 Å². The quantitative estimate of drug-likeness (QED) is 0.784. The maximum Gasteiger partial charge on any atom is 0.253 e. The number of benzene rings is 2. The highest BCUT2D eigenvalue weighted by Gasteiger charge is 2.23. The molecule has 0 spiro atoms. The van der Waals surface area contributed by atoms with Crippen molar-refractivity contribution in [2.75, 3.05) is 33.3 Å². The van der Waals surface area contributed by atoms with Gasteiger partial charge < -0.3 is 14.5 Å². The fourth-order valence-electron chi connectivity index (χ4n) is 3.09. The highest BCUT2D eigenvalue weighted by molar-refractivity contribution is 5.95. The third-order valence-electron chi connectivity index (χ3n) is 4.68. The van der Waals surface area contributed by atoms with E-state index in [1.807, 2.05) is 37.3 Å². The summed E-state index contributed by atoms with van der Waals surface area (Å²) in [6, 6.07) is 15.1. The number of carbonyl (C=O) groups is 2. The third-order valence-corrected chi connectivity index (χ3v) is 4.68. The molecule has 5 heteroatoms. The second-order valence-corrected chi connectivity index (χ2v) is 6.59. The summed E-state index contributed by atoms with van der Waals surface area (Å²) in [6.07, 6.45) is 3.44. The number of piperazine rings is 1. The Kier molecular flexibility index (Phi) is 5.91. The second kappa shape index (κ2) is 8.54. The zero-order valence-electron chi connectivity index (χ0n) is 15.7. The highest BCUT2D eigenvalue weighted by atomic mass is 16.5. The van der Waals surface area contributed by atoms with Gasteiger partial charge in [-0.1, -0.05) is 29.8 Å². The molecule has 0 radical (unpaired) electrons. The van der Waals surface area contributed by atoms with Crippen LogP contribution < -0.4 is 4.74 Å². The fraction of sp³-hybridized carbons (Fsp3) is 0.273. The van der Waals surface area contributed by atoms with Crippen LogP contribution in [-0.2, 0) is 4.79 Å². The van der Waals surface area contributed by atoms with Crippen molar-refractivity contribution in [3.63, 3.8) is 0 Å². The van der Waals surface area contributed by atoms with Crippen LogP contribution in [0, 0.1) is 6.92 Å². The maximum atomic E-state index is 12.6. The highest BCUT2D eigenvalue weighted by Crippen LogP contribution is 2.15. The van der Waals surface area contributed by atoms with Crippen LogP contribution in [0.2, 0.25) is 0 Å². The van der Waals surface area contributed by atoms with Crippen molar-refractivity contribution < 1.29 is 14.3 Å². The van der Waals surface area contributed by atoms with Gasteiger partial charge in [-0.15, -0.1) is 0 Å². The molecule has 0 atom stereocenters. The van der Waals surface area contributed by atoms with Crippen LogP contribution in [0.15, 0.2) is 54.6 Å². The molecule has 1 aliphatic heterocycles. The van der Waals surface area contributed by atoms with Crippen molar-refractivity contribution in [1.29, 1.82) is 0 Å². The molecule has 5 nitrogen and oxygen atoms in total. The molecule has 1 aliphatic rings. The molecule has 27 heavy (non-hydrogen) atoms. The summed E-state index contributed by atoms with van der Waals surface area (Å²) in [5, 5.41) is 0. The molecule has 2 amide bonds. The molecule has 0 aliphatic carbocycles. The normalized spacial score (nSPS) is 14.4. The van der Waals surface area contributed by atoms with Crippen LogP contribution in [0.25, 0.3) is 6.08 Å². The van der Waals surface area contributed by atoms with Gasteiger partial charge in [-0.3, -0.25) is 9.59 Å². The minimum Gasteiger partial charge on any atom is -0.497 e. The Labute approximate surface area is 159 Å². The summed E-state index contributed by atoms with van der Waals surface area (Å²) in [6.45, 7) is 4.18. The largest absolute Gasteiger partial charge is 0.497 e. The van der Waals surface area contributed by atoms with Crippen LogP contribution in [0.3, 0.4) is 0 Å². The Morgan fingerprint density at radius 3 is 2.26 bits per heavy atom. The molecule has 0 bridgehead atoms. The number of methoxy groups -OCH3 is 1. The van der Waals surface area contributed by atoms with Gasteiger partial charge in [-0.25, -0.2) is 0 Å². The summed E-state index contributed by atoms with van der Waals surface area (Å²) in [5.41, 5.74) is 2.81. The van der Waals surface area contributed by atoms with Gasteiger partial charge in [0.15, 0.2) is 0 Å². The van der Waals surface area contributed by atoms with Gasteiger partial charge in [-0.05, 0) is 42.8 Å². The summed E-state index contributed by atoms with van der Waals surface area (Å²) in [5.74, 6) is 0.690. The zero-order valence-corrected chi connectivity index (χ0v) is 15.7. The summed E-state index contributed by atoms with van der Waals surface area (Å²) < 4.78 is 5.12. The van der Waals surface area contributed by atoms with E-state index in [-0.39, 0.29) is 11.8 Å². The molecule has 3 rings (SSSR count). The number of rotatable bonds is 4. The Hall–Kier alpha value is -3.08. The molecule has 140 valence electrons. The summed E-state index contributed by atoms with van der Waals surface area (Å²) in [4.78, 5) is 28.6. The Bertz CT molecular complexity index is 835. The molecule has 0 N–H and O–H groups in total. The Morgan fingerprint density at radius 1 is 0.963 bits per heavy atom. The van der Waals surface area contributed by atoms with Crippen LogP contribution in [0.5, 0.6) is 5.75 Å². The maximum absolute atomic E-state index is 12.6. The van der Waals surface area contributed by atoms with E-state index in [0.717, 1.165) is 16.9 Å². The van der Waals surface area contributed by atoms with Crippen LogP contribution in [0.1, 0.15) is 21.5 Å². The molecule has 2 aromatic carbocycles.